The molecule has 0 spiro atoms. The van der Waals surface area contributed by atoms with E-state index in [1.54, 1.807) is 0 Å². The van der Waals surface area contributed by atoms with Crippen LogP contribution in [-0.4, -0.2) is 4.98 Å². The van der Waals surface area contributed by atoms with Crippen LogP contribution in [0.4, 0.5) is 0 Å². The maximum absolute atomic E-state index is 4.38. The van der Waals surface area contributed by atoms with Crippen LogP contribution in [0.25, 0.3) is 23.1 Å². The Kier molecular flexibility index (Phi) is 3.07. The Hall–Kier alpha value is -2.48. The van der Waals surface area contributed by atoms with Gasteiger partial charge in [0.2, 0.25) is 5.69 Å². The normalized spacial score (nSPS) is 11.2. The highest BCUT2D eigenvalue weighted by molar-refractivity contribution is 5.89. The molecule has 0 saturated heterocycles. The smallest absolute Gasteiger partial charge is 0.204 e. The van der Waals surface area contributed by atoms with Crippen LogP contribution >= 0.6 is 0 Å². The van der Waals surface area contributed by atoms with Gasteiger partial charge < -0.3 is 0 Å². The van der Waals surface area contributed by atoms with Gasteiger partial charge in [0.1, 0.15) is 7.05 Å². The summed E-state index contributed by atoms with van der Waals surface area (Å²) in [5.74, 6) is 0. The molecule has 3 rings (SSSR count). The van der Waals surface area contributed by atoms with E-state index in [4.69, 9.17) is 0 Å². The molecule has 2 heterocycles. The Morgan fingerprint density at radius 3 is 2.68 bits per heavy atom. The molecule has 3 aromatic rings. The van der Waals surface area contributed by atoms with Gasteiger partial charge in [0, 0.05) is 29.8 Å². The van der Waals surface area contributed by atoms with Crippen molar-refractivity contribution >= 4 is 23.1 Å². The Labute approximate surface area is 112 Å². The molecule has 0 N–H and O–H groups in total. The molecule has 19 heavy (non-hydrogen) atoms. The van der Waals surface area contributed by atoms with E-state index in [0.29, 0.717) is 0 Å². The SMILES string of the molecule is C[n+]1ccccc1C=Cc1ccnc2ccccc12. The fourth-order valence-electron chi connectivity index (χ4n) is 2.15. The van der Waals surface area contributed by atoms with E-state index in [9.17, 15) is 0 Å². The first-order valence-electron chi connectivity index (χ1n) is 6.31. The second-order valence-corrected chi connectivity index (χ2v) is 4.49. The van der Waals surface area contributed by atoms with Crippen molar-refractivity contribution in [3.05, 3.63) is 72.2 Å². The van der Waals surface area contributed by atoms with Gasteiger partial charge in [0.05, 0.1) is 5.52 Å². The van der Waals surface area contributed by atoms with E-state index >= 15 is 0 Å². The molecule has 0 saturated carbocycles. The van der Waals surface area contributed by atoms with Crippen LogP contribution < -0.4 is 4.57 Å². The summed E-state index contributed by atoms with van der Waals surface area (Å²) >= 11 is 0. The minimum absolute atomic E-state index is 1.03. The number of aromatic nitrogens is 2. The third-order valence-corrected chi connectivity index (χ3v) is 3.21. The molecule has 0 aliphatic rings. The maximum atomic E-state index is 4.38. The predicted octanol–water partition coefficient (Wildman–Crippen LogP) is 3.23. The average Bonchev–Trinajstić information content (AvgIpc) is 2.46. The molecule has 0 atom stereocenters. The Morgan fingerprint density at radius 1 is 0.947 bits per heavy atom. The minimum Gasteiger partial charge on any atom is -0.256 e. The van der Waals surface area contributed by atoms with Gasteiger partial charge in [0.15, 0.2) is 6.20 Å². The molecular weight excluding hydrogens is 232 g/mol. The molecule has 2 heteroatoms. The lowest BCUT2D eigenvalue weighted by molar-refractivity contribution is -0.673. The van der Waals surface area contributed by atoms with Crippen LogP contribution in [-0.2, 0) is 7.05 Å². The lowest BCUT2D eigenvalue weighted by Crippen LogP contribution is -2.30. The second kappa shape index (κ2) is 5.02. The first-order chi connectivity index (χ1) is 9.34. The quantitative estimate of drug-likeness (QED) is 0.635. The summed E-state index contributed by atoms with van der Waals surface area (Å²) in [5.41, 5.74) is 3.39. The fraction of sp³-hybridized carbons (Fsp3) is 0.0588. The van der Waals surface area contributed by atoms with Crippen molar-refractivity contribution in [2.75, 3.05) is 0 Å². The largest absolute Gasteiger partial charge is 0.256 e. The molecular formula is C17H15N2+. The van der Waals surface area contributed by atoms with Crippen molar-refractivity contribution in [3.8, 4) is 0 Å². The Morgan fingerprint density at radius 2 is 1.79 bits per heavy atom. The molecule has 0 aliphatic heterocycles. The van der Waals surface area contributed by atoms with Crippen LogP contribution in [0, 0.1) is 0 Å². The maximum Gasteiger partial charge on any atom is 0.204 e. The van der Waals surface area contributed by atoms with Crippen molar-refractivity contribution in [3.63, 3.8) is 0 Å². The lowest BCUT2D eigenvalue weighted by Gasteiger charge is -2.00. The summed E-state index contributed by atoms with van der Waals surface area (Å²) in [4.78, 5) is 4.38. The molecule has 0 aliphatic carbocycles. The van der Waals surface area contributed by atoms with Gasteiger partial charge in [-0.25, -0.2) is 4.57 Å². The topological polar surface area (TPSA) is 16.8 Å². The lowest BCUT2D eigenvalue weighted by atomic mass is 10.1. The Bertz CT molecular complexity index is 740. The third kappa shape index (κ3) is 2.38. The average molecular weight is 247 g/mol. The van der Waals surface area contributed by atoms with E-state index in [2.05, 4.69) is 33.8 Å². The van der Waals surface area contributed by atoms with Crippen LogP contribution in [0.2, 0.25) is 0 Å². The summed E-state index contributed by atoms with van der Waals surface area (Å²) in [7, 11) is 2.05. The molecule has 0 unspecified atom stereocenters. The summed E-state index contributed by atoms with van der Waals surface area (Å²) in [5, 5.41) is 1.18. The number of hydrogen-bond acceptors (Lipinski definition) is 1. The highest BCUT2D eigenvalue weighted by Crippen LogP contribution is 2.18. The standard InChI is InChI=1S/C17H15N2/c1-19-13-5-4-6-15(19)10-9-14-11-12-18-17-8-3-2-7-16(14)17/h2-13H,1H3/q+1. The number of benzene rings is 1. The highest BCUT2D eigenvalue weighted by atomic mass is 14.9. The van der Waals surface area contributed by atoms with E-state index < -0.39 is 0 Å². The first-order valence-corrected chi connectivity index (χ1v) is 6.31. The fourth-order valence-corrected chi connectivity index (χ4v) is 2.15. The van der Waals surface area contributed by atoms with Gasteiger partial charge in [-0.15, -0.1) is 0 Å². The van der Waals surface area contributed by atoms with Crippen LogP contribution in [0.5, 0.6) is 0 Å². The number of hydrogen-bond donors (Lipinski definition) is 0. The second-order valence-electron chi connectivity index (χ2n) is 4.49. The number of aryl methyl sites for hydroxylation is 1. The van der Waals surface area contributed by atoms with Gasteiger partial charge >= 0.3 is 0 Å². The summed E-state index contributed by atoms with van der Waals surface area (Å²) in [6.07, 6.45) is 8.17. The predicted molar refractivity (Wildman–Crippen MR) is 78.3 cm³/mol. The van der Waals surface area contributed by atoms with Gasteiger partial charge in [-0.1, -0.05) is 18.2 Å². The number of para-hydroxylation sites is 1. The van der Waals surface area contributed by atoms with E-state index in [-0.39, 0.29) is 0 Å². The van der Waals surface area contributed by atoms with Gasteiger partial charge in [0.25, 0.3) is 0 Å². The van der Waals surface area contributed by atoms with Crippen molar-refractivity contribution in [1.82, 2.24) is 4.98 Å². The van der Waals surface area contributed by atoms with E-state index in [1.165, 1.54) is 16.6 Å². The third-order valence-electron chi connectivity index (χ3n) is 3.21. The first kappa shape index (κ1) is 11.6. The molecule has 0 fully saturated rings. The molecule has 92 valence electrons. The highest BCUT2D eigenvalue weighted by Gasteiger charge is 2.01. The minimum atomic E-state index is 1.03. The van der Waals surface area contributed by atoms with Gasteiger partial charge in [-0.05, 0) is 29.8 Å². The van der Waals surface area contributed by atoms with Gasteiger partial charge in [-0.2, -0.15) is 0 Å². The molecule has 1 aromatic carbocycles. The molecule has 2 aromatic heterocycles. The van der Waals surface area contributed by atoms with Crippen molar-refractivity contribution in [2.24, 2.45) is 7.05 Å². The van der Waals surface area contributed by atoms with E-state index in [1.807, 2.05) is 55.8 Å². The molecule has 0 radical (unpaired) electrons. The van der Waals surface area contributed by atoms with Crippen LogP contribution in [0.1, 0.15) is 11.3 Å². The zero-order chi connectivity index (χ0) is 13.1. The number of rotatable bonds is 2. The Balaban J connectivity index is 2.04. The zero-order valence-electron chi connectivity index (χ0n) is 10.8. The number of nitrogens with zero attached hydrogens (tertiary/aromatic N) is 2. The van der Waals surface area contributed by atoms with Crippen LogP contribution in [0.15, 0.2) is 60.9 Å². The molecule has 0 bridgehead atoms. The van der Waals surface area contributed by atoms with Crippen LogP contribution in [0.3, 0.4) is 0 Å². The monoisotopic (exact) mass is 247 g/mol. The van der Waals surface area contributed by atoms with Crippen molar-refractivity contribution in [2.45, 2.75) is 0 Å². The van der Waals surface area contributed by atoms with Crippen molar-refractivity contribution < 1.29 is 4.57 Å². The zero-order valence-corrected chi connectivity index (χ0v) is 10.8. The van der Waals surface area contributed by atoms with Gasteiger partial charge in [-0.3, -0.25) is 4.98 Å². The molecule has 0 amide bonds. The van der Waals surface area contributed by atoms with Crippen molar-refractivity contribution in [1.29, 1.82) is 0 Å². The summed E-state index contributed by atoms with van der Waals surface area (Å²) in [6.45, 7) is 0. The number of pyridine rings is 2. The molecule has 2 nitrogen and oxygen atoms in total. The number of fused-ring (bicyclic) bond motifs is 1. The van der Waals surface area contributed by atoms with E-state index in [0.717, 1.165) is 5.52 Å². The summed E-state index contributed by atoms with van der Waals surface area (Å²) < 4.78 is 2.10. The summed E-state index contributed by atoms with van der Waals surface area (Å²) in [6, 6.07) is 16.4.